The predicted molar refractivity (Wildman–Crippen MR) is 102 cm³/mol. The van der Waals surface area contributed by atoms with Crippen LogP contribution in [0.5, 0.6) is 0 Å². The van der Waals surface area contributed by atoms with Crippen molar-refractivity contribution < 1.29 is 4.79 Å². The van der Waals surface area contributed by atoms with Crippen LogP contribution in [0.15, 0.2) is 60.1 Å². The lowest BCUT2D eigenvalue weighted by Gasteiger charge is -2.32. The van der Waals surface area contributed by atoms with Gasteiger partial charge in [0, 0.05) is 46.2 Å². The summed E-state index contributed by atoms with van der Waals surface area (Å²) in [6, 6.07) is 11.0. The fraction of sp³-hybridized carbons (Fsp3) is 0.200. The number of benzene rings is 1. The number of rotatable bonds is 2. The molecule has 1 aliphatic heterocycles. The number of nitrogens with one attached hydrogen (secondary N) is 1. The van der Waals surface area contributed by atoms with Crippen molar-refractivity contribution in [1.29, 1.82) is 0 Å². The fourth-order valence-corrected chi connectivity index (χ4v) is 4.00. The minimum atomic E-state index is -0.374. The van der Waals surface area contributed by atoms with Gasteiger partial charge < -0.3 is 5.32 Å². The van der Waals surface area contributed by atoms with Gasteiger partial charge in [0.25, 0.3) is 0 Å². The molecule has 0 saturated heterocycles. The molecule has 1 atom stereocenters. The van der Waals surface area contributed by atoms with Crippen LogP contribution in [-0.4, -0.2) is 25.5 Å². The summed E-state index contributed by atoms with van der Waals surface area (Å²) in [5.41, 5.74) is 3.40. The number of nitrogens with zero attached hydrogens (tertiary/aromatic N) is 4. The molecule has 134 valence electrons. The summed E-state index contributed by atoms with van der Waals surface area (Å²) in [5.74, 6) is 1.35. The quantitative estimate of drug-likeness (QED) is 0.730. The topological polar surface area (TPSA) is 72.7 Å². The van der Waals surface area contributed by atoms with Gasteiger partial charge in [0.2, 0.25) is 5.95 Å². The molecule has 0 radical (unpaired) electrons. The number of aromatic nitrogens is 4. The predicted octanol–water partition coefficient (Wildman–Crippen LogP) is 4.02. The van der Waals surface area contributed by atoms with E-state index in [0.717, 1.165) is 35.2 Å². The largest absolute Gasteiger partial charge is 0.328 e. The standard InChI is InChI=1S/C20H16ClN5O/c21-14-5-2-1-4-13(14)18-17-15(6-3-7-16(17)27)23-20-24-19(25-26(18)20)12-8-10-22-11-9-12/h1-2,4-5,8-11,18H,3,6-7H2,(H,23,24,25). The molecule has 0 bridgehead atoms. The van der Waals surface area contributed by atoms with Crippen LogP contribution in [0.4, 0.5) is 5.95 Å². The maximum atomic E-state index is 12.8. The zero-order valence-corrected chi connectivity index (χ0v) is 15.1. The van der Waals surface area contributed by atoms with E-state index >= 15 is 0 Å². The highest BCUT2D eigenvalue weighted by Crippen LogP contribution is 2.42. The number of pyridine rings is 1. The molecular weight excluding hydrogens is 362 g/mol. The van der Waals surface area contributed by atoms with Crippen molar-refractivity contribution in [1.82, 2.24) is 19.7 Å². The molecule has 1 unspecified atom stereocenters. The lowest BCUT2D eigenvalue weighted by Crippen LogP contribution is -2.31. The van der Waals surface area contributed by atoms with Crippen molar-refractivity contribution in [2.75, 3.05) is 5.32 Å². The van der Waals surface area contributed by atoms with Gasteiger partial charge in [0.05, 0.1) is 0 Å². The van der Waals surface area contributed by atoms with Crippen molar-refractivity contribution in [2.45, 2.75) is 25.3 Å². The second-order valence-electron chi connectivity index (χ2n) is 6.66. The highest BCUT2D eigenvalue weighted by atomic mass is 35.5. The number of ketones is 1. The van der Waals surface area contributed by atoms with Gasteiger partial charge in [-0.25, -0.2) is 4.68 Å². The second-order valence-corrected chi connectivity index (χ2v) is 7.06. The maximum Gasteiger partial charge on any atom is 0.226 e. The number of hydrogen-bond acceptors (Lipinski definition) is 5. The summed E-state index contributed by atoms with van der Waals surface area (Å²) in [5, 5.41) is 8.66. The first-order valence-corrected chi connectivity index (χ1v) is 9.25. The SMILES string of the molecule is O=C1CCCC2=C1C(c1ccccc1Cl)n1nc(-c3ccncc3)nc1N2. The Balaban J connectivity index is 1.71. The summed E-state index contributed by atoms with van der Waals surface area (Å²) >= 11 is 6.50. The van der Waals surface area contributed by atoms with Crippen molar-refractivity contribution in [3.63, 3.8) is 0 Å². The normalized spacial score (nSPS) is 18.7. The van der Waals surface area contributed by atoms with Gasteiger partial charge in [-0.15, -0.1) is 5.10 Å². The van der Waals surface area contributed by atoms with Gasteiger partial charge in [-0.2, -0.15) is 4.98 Å². The first kappa shape index (κ1) is 16.2. The van der Waals surface area contributed by atoms with Crippen LogP contribution in [0.2, 0.25) is 5.02 Å². The molecule has 1 aromatic carbocycles. The third-order valence-corrected chi connectivity index (χ3v) is 5.35. The summed E-state index contributed by atoms with van der Waals surface area (Å²) in [7, 11) is 0. The average Bonchev–Trinajstić information content (AvgIpc) is 3.12. The lowest BCUT2D eigenvalue weighted by atomic mass is 9.85. The van der Waals surface area contributed by atoms with E-state index < -0.39 is 0 Å². The Hall–Kier alpha value is -2.99. The molecule has 3 heterocycles. The number of Topliss-reactive ketones (excluding diaryl/α,β-unsaturated/α-hetero) is 1. The van der Waals surface area contributed by atoms with E-state index in [1.165, 1.54) is 0 Å². The Morgan fingerprint density at radius 1 is 1.11 bits per heavy atom. The Labute approximate surface area is 160 Å². The number of halogens is 1. The number of hydrogen-bond donors (Lipinski definition) is 1. The molecular formula is C20H16ClN5O. The van der Waals surface area contributed by atoms with E-state index in [9.17, 15) is 4.79 Å². The molecule has 6 nitrogen and oxygen atoms in total. The number of allylic oxidation sites excluding steroid dienone is 2. The second kappa shape index (κ2) is 6.32. The van der Waals surface area contributed by atoms with Gasteiger partial charge in [0.1, 0.15) is 6.04 Å². The molecule has 2 aromatic heterocycles. The Kier molecular flexibility index (Phi) is 3.79. The summed E-state index contributed by atoms with van der Waals surface area (Å²) in [4.78, 5) is 21.5. The minimum Gasteiger partial charge on any atom is -0.328 e. The van der Waals surface area contributed by atoms with Gasteiger partial charge in [0.15, 0.2) is 11.6 Å². The highest BCUT2D eigenvalue weighted by molar-refractivity contribution is 6.31. The Morgan fingerprint density at radius 2 is 1.93 bits per heavy atom. The van der Waals surface area contributed by atoms with Crippen LogP contribution >= 0.6 is 11.6 Å². The van der Waals surface area contributed by atoms with Gasteiger partial charge in [-0.3, -0.25) is 9.78 Å². The van der Waals surface area contributed by atoms with Crippen molar-refractivity contribution in [2.24, 2.45) is 0 Å². The van der Waals surface area contributed by atoms with Crippen LogP contribution in [0.3, 0.4) is 0 Å². The third kappa shape index (κ3) is 2.64. The molecule has 0 fully saturated rings. The average molecular weight is 378 g/mol. The first-order chi connectivity index (χ1) is 13.2. The summed E-state index contributed by atoms with van der Waals surface area (Å²) < 4.78 is 1.78. The van der Waals surface area contributed by atoms with Crippen LogP contribution < -0.4 is 5.32 Å². The van der Waals surface area contributed by atoms with E-state index in [2.05, 4.69) is 15.3 Å². The molecule has 0 amide bonds. The van der Waals surface area contributed by atoms with E-state index in [0.29, 0.717) is 23.2 Å². The van der Waals surface area contributed by atoms with Gasteiger partial charge >= 0.3 is 0 Å². The third-order valence-electron chi connectivity index (χ3n) is 5.01. The molecule has 1 N–H and O–H groups in total. The van der Waals surface area contributed by atoms with Crippen molar-refractivity contribution in [3.05, 3.63) is 70.6 Å². The molecule has 0 saturated carbocycles. The van der Waals surface area contributed by atoms with Crippen LogP contribution in [0.1, 0.15) is 30.9 Å². The van der Waals surface area contributed by atoms with E-state index in [1.807, 2.05) is 36.4 Å². The first-order valence-electron chi connectivity index (χ1n) is 8.87. The Morgan fingerprint density at radius 3 is 2.74 bits per heavy atom. The van der Waals surface area contributed by atoms with Crippen molar-refractivity contribution >= 4 is 23.3 Å². The van der Waals surface area contributed by atoms with Crippen LogP contribution in [-0.2, 0) is 4.79 Å². The molecule has 5 rings (SSSR count). The fourth-order valence-electron chi connectivity index (χ4n) is 3.76. The van der Waals surface area contributed by atoms with Crippen LogP contribution in [0.25, 0.3) is 11.4 Å². The van der Waals surface area contributed by atoms with Gasteiger partial charge in [-0.05, 0) is 31.0 Å². The minimum absolute atomic E-state index is 0.139. The highest BCUT2D eigenvalue weighted by Gasteiger charge is 2.37. The molecule has 0 spiro atoms. The van der Waals surface area contributed by atoms with E-state index in [4.69, 9.17) is 16.7 Å². The summed E-state index contributed by atoms with van der Waals surface area (Å²) in [6.07, 6.45) is 5.62. The summed E-state index contributed by atoms with van der Waals surface area (Å²) in [6.45, 7) is 0. The molecule has 27 heavy (non-hydrogen) atoms. The molecule has 1 aliphatic carbocycles. The number of anilines is 1. The number of carbonyl (C=O) groups excluding carboxylic acids is 1. The van der Waals surface area contributed by atoms with Crippen LogP contribution in [0, 0.1) is 0 Å². The number of carbonyl (C=O) groups is 1. The van der Waals surface area contributed by atoms with E-state index in [-0.39, 0.29) is 11.8 Å². The zero-order chi connectivity index (χ0) is 18.4. The Bertz CT molecular complexity index is 1070. The molecule has 3 aromatic rings. The lowest BCUT2D eigenvalue weighted by molar-refractivity contribution is -0.116. The molecule has 7 heteroatoms. The molecule has 2 aliphatic rings. The van der Waals surface area contributed by atoms with Gasteiger partial charge in [-0.1, -0.05) is 29.8 Å². The monoisotopic (exact) mass is 377 g/mol. The van der Waals surface area contributed by atoms with Crippen molar-refractivity contribution in [3.8, 4) is 11.4 Å². The zero-order valence-electron chi connectivity index (χ0n) is 14.4. The smallest absolute Gasteiger partial charge is 0.226 e. The van der Waals surface area contributed by atoms with E-state index in [1.54, 1.807) is 17.1 Å². The number of fused-ring (bicyclic) bond motifs is 1. The maximum absolute atomic E-state index is 12.8.